The van der Waals surface area contributed by atoms with Crippen LogP contribution in [0.3, 0.4) is 0 Å². The van der Waals surface area contributed by atoms with Crippen molar-refractivity contribution in [3.8, 4) is 0 Å². The summed E-state index contributed by atoms with van der Waals surface area (Å²) in [5.74, 6) is -0.410. The minimum atomic E-state index is -0.205. The zero-order valence-corrected chi connectivity index (χ0v) is 23.3. The lowest BCUT2D eigenvalue weighted by atomic mass is 10.0. The molecule has 0 radical (unpaired) electrons. The average Bonchev–Trinajstić information content (AvgIpc) is 3.69. The molecular formula is C36H21NO2S2. The van der Waals surface area contributed by atoms with E-state index in [9.17, 15) is 9.59 Å². The molecule has 2 heterocycles. The number of carbonyl (C=O) groups is 2. The first-order chi connectivity index (χ1) is 20.1. The van der Waals surface area contributed by atoms with Crippen LogP contribution >= 0.6 is 22.7 Å². The summed E-state index contributed by atoms with van der Waals surface area (Å²) in [7, 11) is 0. The number of benzene rings is 5. The first-order valence-corrected chi connectivity index (χ1v) is 15.0. The Morgan fingerprint density at radius 1 is 0.512 bits per heavy atom. The fraction of sp³-hybridized carbons (Fsp3) is 0. The minimum Gasteiger partial charge on any atom is -0.293 e. The monoisotopic (exact) mass is 563 g/mol. The second kappa shape index (κ2) is 9.37. The van der Waals surface area contributed by atoms with E-state index in [2.05, 4.69) is 89.8 Å². The van der Waals surface area contributed by atoms with Crippen LogP contribution in [0.1, 0.15) is 26.3 Å². The largest absolute Gasteiger partial charge is 0.293 e. The molecule has 3 nitrogen and oxygen atoms in total. The maximum absolute atomic E-state index is 12.9. The SMILES string of the molecule is O=C1C(=Cc2ccc3cc(N(c4cc5ccccc5s4)c4cc5ccccc5s4)ccc3c2)C(=O)c2ccccc21. The molecule has 0 N–H and O–H groups in total. The number of hydrogen-bond acceptors (Lipinski definition) is 5. The molecule has 0 bridgehead atoms. The molecule has 41 heavy (non-hydrogen) atoms. The summed E-state index contributed by atoms with van der Waals surface area (Å²) in [6, 6.07) is 41.1. The second-order valence-electron chi connectivity index (χ2n) is 10.1. The fourth-order valence-corrected chi connectivity index (χ4v) is 7.82. The summed E-state index contributed by atoms with van der Waals surface area (Å²) in [5, 5.41) is 6.92. The van der Waals surface area contributed by atoms with Gasteiger partial charge in [-0.15, -0.1) is 22.7 Å². The van der Waals surface area contributed by atoms with Crippen molar-refractivity contribution < 1.29 is 9.59 Å². The van der Waals surface area contributed by atoms with Crippen molar-refractivity contribution in [3.05, 3.63) is 144 Å². The minimum absolute atomic E-state index is 0.205. The number of thiophene rings is 2. The number of hydrogen-bond donors (Lipinski definition) is 0. The van der Waals surface area contributed by atoms with Crippen molar-refractivity contribution in [2.24, 2.45) is 0 Å². The van der Waals surface area contributed by atoms with Gasteiger partial charge < -0.3 is 0 Å². The molecule has 1 aliphatic rings. The van der Waals surface area contributed by atoms with Gasteiger partial charge in [-0.3, -0.25) is 14.5 Å². The van der Waals surface area contributed by atoms with Crippen molar-refractivity contribution in [1.29, 1.82) is 0 Å². The molecule has 7 aromatic rings. The summed E-state index contributed by atoms with van der Waals surface area (Å²) in [4.78, 5) is 28.1. The van der Waals surface area contributed by atoms with E-state index in [1.54, 1.807) is 53.0 Å². The zero-order chi connectivity index (χ0) is 27.5. The molecule has 194 valence electrons. The highest BCUT2D eigenvalue weighted by Gasteiger charge is 2.32. The lowest BCUT2D eigenvalue weighted by molar-refractivity contribution is 0.0990. The Labute approximate surface area is 244 Å². The van der Waals surface area contributed by atoms with Gasteiger partial charge in [0, 0.05) is 26.2 Å². The molecule has 0 saturated heterocycles. The highest BCUT2D eigenvalue weighted by Crippen LogP contribution is 2.46. The van der Waals surface area contributed by atoms with Gasteiger partial charge in [0.15, 0.2) is 11.6 Å². The summed E-state index contributed by atoms with van der Waals surface area (Å²) < 4.78 is 2.51. The van der Waals surface area contributed by atoms with Gasteiger partial charge in [0.05, 0.1) is 5.57 Å². The summed E-state index contributed by atoms with van der Waals surface area (Å²) in [5.41, 5.74) is 3.11. The lowest BCUT2D eigenvalue weighted by Crippen LogP contribution is -2.06. The van der Waals surface area contributed by atoms with Crippen molar-refractivity contribution in [3.63, 3.8) is 0 Å². The van der Waals surface area contributed by atoms with Crippen LogP contribution in [0.25, 0.3) is 37.0 Å². The third kappa shape index (κ3) is 4.01. The lowest BCUT2D eigenvalue weighted by Gasteiger charge is -2.22. The Bertz CT molecular complexity index is 2040. The molecule has 0 fully saturated rings. The zero-order valence-electron chi connectivity index (χ0n) is 21.7. The van der Waals surface area contributed by atoms with E-state index in [0.717, 1.165) is 32.0 Å². The second-order valence-corrected chi connectivity index (χ2v) is 12.3. The Morgan fingerprint density at radius 3 is 1.66 bits per heavy atom. The molecule has 1 aliphatic carbocycles. The van der Waals surface area contributed by atoms with Crippen LogP contribution in [0.15, 0.2) is 127 Å². The third-order valence-corrected chi connectivity index (χ3v) is 9.79. The first kappa shape index (κ1) is 24.0. The van der Waals surface area contributed by atoms with Crippen LogP contribution in [0.4, 0.5) is 15.7 Å². The van der Waals surface area contributed by atoms with Gasteiger partial charge in [0.25, 0.3) is 0 Å². The van der Waals surface area contributed by atoms with Crippen molar-refractivity contribution in [2.75, 3.05) is 4.90 Å². The van der Waals surface area contributed by atoms with E-state index in [0.29, 0.717) is 11.1 Å². The van der Waals surface area contributed by atoms with Gasteiger partial charge in [-0.05, 0) is 75.6 Å². The maximum atomic E-state index is 12.9. The molecular weight excluding hydrogens is 543 g/mol. The molecule has 0 saturated carbocycles. The van der Waals surface area contributed by atoms with Crippen LogP contribution in [-0.4, -0.2) is 11.6 Å². The van der Waals surface area contributed by atoms with Crippen LogP contribution in [0, 0.1) is 0 Å². The molecule has 0 aliphatic heterocycles. The van der Waals surface area contributed by atoms with E-state index in [-0.39, 0.29) is 17.1 Å². The number of nitrogens with zero attached hydrogens (tertiary/aromatic N) is 1. The summed E-state index contributed by atoms with van der Waals surface area (Å²) >= 11 is 3.57. The highest BCUT2D eigenvalue weighted by molar-refractivity contribution is 7.25. The van der Waals surface area contributed by atoms with Crippen LogP contribution in [0.2, 0.25) is 0 Å². The van der Waals surface area contributed by atoms with Crippen LogP contribution < -0.4 is 4.90 Å². The highest BCUT2D eigenvalue weighted by atomic mass is 32.1. The number of allylic oxidation sites excluding steroid dienone is 1. The first-order valence-electron chi connectivity index (χ1n) is 13.3. The number of carbonyl (C=O) groups excluding carboxylic acids is 2. The quantitative estimate of drug-likeness (QED) is 0.158. The van der Waals surface area contributed by atoms with Gasteiger partial charge in [0.1, 0.15) is 10.0 Å². The number of fused-ring (bicyclic) bond motifs is 4. The Kier molecular flexibility index (Phi) is 5.49. The summed E-state index contributed by atoms with van der Waals surface area (Å²) in [6.07, 6.45) is 1.72. The van der Waals surface area contributed by atoms with Crippen molar-refractivity contribution >= 4 is 87.0 Å². The predicted octanol–water partition coefficient (Wildman–Crippen LogP) is 10.2. The van der Waals surface area contributed by atoms with Gasteiger partial charge in [-0.2, -0.15) is 0 Å². The average molecular weight is 564 g/mol. The van der Waals surface area contributed by atoms with Crippen LogP contribution in [0.5, 0.6) is 0 Å². The number of ketones is 2. The van der Waals surface area contributed by atoms with E-state index in [1.165, 1.54) is 20.2 Å². The molecule has 2 aromatic heterocycles. The molecule has 0 spiro atoms. The van der Waals surface area contributed by atoms with E-state index in [1.807, 2.05) is 12.1 Å². The molecule has 8 rings (SSSR count). The Balaban J connectivity index is 1.22. The molecule has 0 amide bonds. The normalized spacial score (nSPS) is 12.9. The Hall–Kier alpha value is -4.84. The van der Waals surface area contributed by atoms with Gasteiger partial charge >= 0.3 is 0 Å². The number of Topliss-reactive ketones (excluding diaryl/α,β-unsaturated/α-hetero) is 2. The molecule has 0 unspecified atom stereocenters. The van der Waals surface area contributed by atoms with E-state index in [4.69, 9.17) is 0 Å². The number of rotatable bonds is 4. The summed E-state index contributed by atoms with van der Waals surface area (Å²) in [6.45, 7) is 0. The Morgan fingerprint density at radius 2 is 1.05 bits per heavy atom. The number of anilines is 3. The maximum Gasteiger partial charge on any atom is 0.197 e. The van der Waals surface area contributed by atoms with Gasteiger partial charge in [-0.25, -0.2) is 0 Å². The third-order valence-electron chi connectivity index (χ3n) is 7.59. The van der Waals surface area contributed by atoms with Crippen molar-refractivity contribution in [2.45, 2.75) is 0 Å². The van der Waals surface area contributed by atoms with Gasteiger partial charge in [0.2, 0.25) is 0 Å². The molecule has 0 atom stereocenters. The standard InChI is InChI=1S/C36H21NO2S2/c38-35-28-9-3-4-10-29(28)36(39)30(35)18-22-13-14-24-19-27(16-15-23(24)17-22)37(33-20-25-7-1-5-11-31(25)40-33)34-21-26-8-2-6-12-32(26)41-34/h1-21H. The van der Waals surface area contributed by atoms with E-state index < -0.39 is 0 Å². The smallest absolute Gasteiger partial charge is 0.197 e. The molecule has 5 aromatic carbocycles. The van der Waals surface area contributed by atoms with E-state index >= 15 is 0 Å². The fourth-order valence-electron chi connectivity index (χ4n) is 5.57. The molecule has 5 heteroatoms. The topological polar surface area (TPSA) is 37.4 Å². The predicted molar refractivity (Wildman–Crippen MR) is 172 cm³/mol. The van der Waals surface area contributed by atoms with Crippen molar-refractivity contribution in [1.82, 2.24) is 0 Å². The van der Waals surface area contributed by atoms with Gasteiger partial charge in [-0.1, -0.05) is 78.9 Å². The van der Waals surface area contributed by atoms with Crippen LogP contribution in [-0.2, 0) is 0 Å².